The van der Waals surface area contributed by atoms with Gasteiger partial charge < -0.3 is 14.4 Å². The van der Waals surface area contributed by atoms with E-state index in [1.807, 2.05) is 19.1 Å². The Morgan fingerprint density at radius 1 is 1.11 bits per heavy atom. The van der Waals surface area contributed by atoms with E-state index in [0.717, 1.165) is 31.5 Å². The van der Waals surface area contributed by atoms with Crippen LogP contribution in [0, 0.1) is 0 Å². The maximum atomic E-state index is 10.3. The van der Waals surface area contributed by atoms with Crippen LogP contribution < -0.4 is 4.90 Å². The standard InChI is InChI=1S/C12H17NO.C3H8O/c1-3-13(4-2)12-7-5-11(6-8-12)9-10-14;1-3-4-2/h5-8,10H,3-4,9H2,1-2H3;3H2,1-2H3. The number of carbonyl (C=O) groups is 1. The van der Waals surface area contributed by atoms with Crippen LogP contribution in [-0.4, -0.2) is 33.1 Å². The molecule has 102 valence electrons. The first-order valence-electron chi connectivity index (χ1n) is 6.49. The first-order chi connectivity index (χ1) is 8.73. The number of methoxy groups -OCH3 is 1. The molecule has 1 aromatic rings. The average Bonchev–Trinajstić information content (AvgIpc) is 2.43. The Bertz CT molecular complexity index is 303. The van der Waals surface area contributed by atoms with Crippen LogP contribution in [0.15, 0.2) is 24.3 Å². The van der Waals surface area contributed by atoms with Crippen molar-refractivity contribution < 1.29 is 9.53 Å². The zero-order valence-corrected chi connectivity index (χ0v) is 12.0. The third-order valence-electron chi connectivity index (χ3n) is 2.67. The van der Waals surface area contributed by atoms with Crippen molar-refractivity contribution in [2.75, 3.05) is 31.7 Å². The summed E-state index contributed by atoms with van der Waals surface area (Å²) in [6, 6.07) is 8.18. The van der Waals surface area contributed by atoms with Crippen LogP contribution in [0.3, 0.4) is 0 Å². The minimum atomic E-state index is 0.512. The smallest absolute Gasteiger partial charge is 0.124 e. The Morgan fingerprint density at radius 3 is 1.94 bits per heavy atom. The molecule has 0 spiro atoms. The minimum absolute atomic E-state index is 0.512. The van der Waals surface area contributed by atoms with Gasteiger partial charge in [0.25, 0.3) is 0 Å². The molecule has 0 N–H and O–H groups in total. The lowest BCUT2D eigenvalue weighted by Crippen LogP contribution is -2.21. The van der Waals surface area contributed by atoms with Gasteiger partial charge in [0.15, 0.2) is 0 Å². The molecule has 18 heavy (non-hydrogen) atoms. The first kappa shape index (κ1) is 16.6. The normalized spacial score (nSPS) is 9.33. The van der Waals surface area contributed by atoms with Crippen LogP contribution in [0.1, 0.15) is 26.3 Å². The monoisotopic (exact) mass is 251 g/mol. The maximum Gasteiger partial charge on any atom is 0.124 e. The molecule has 0 aromatic heterocycles. The van der Waals surface area contributed by atoms with Crippen LogP contribution in [0.25, 0.3) is 0 Å². The maximum absolute atomic E-state index is 10.3. The van der Waals surface area contributed by atoms with Crippen molar-refractivity contribution in [3.05, 3.63) is 29.8 Å². The highest BCUT2D eigenvalue weighted by Crippen LogP contribution is 2.14. The molecule has 0 bridgehead atoms. The lowest BCUT2D eigenvalue weighted by Gasteiger charge is -2.20. The molecule has 1 aromatic carbocycles. The van der Waals surface area contributed by atoms with E-state index < -0.39 is 0 Å². The minimum Gasteiger partial charge on any atom is -0.385 e. The molecule has 0 aliphatic carbocycles. The Kier molecular flexibility index (Phi) is 9.97. The molecule has 0 radical (unpaired) electrons. The largest absolute Gasteiger partial charge is 0.385 e. The van der Waals surface area contributed by atoms with Gasteiger partial charge in [-0.2, -0.15) is 0 Å². The summed E-state index contributed by atoms with van der Waals surface area (Å²) in [5.41, 5.74) is 2.31. The molecule has 0 aliphatic rings. The van der Waals surface area contributed by atoms with Gasteiger partial charge in [0, 0.05) is 38.9 Å². The number of carbonyl (C=O) groups excluding carboxylic acids is 1. The molecule has 3 heteroatoms. The van der Waals surface area contributed by atoms with E-state index in [1.54, 1.807) is 7.11 Å². The van der Waals surface area contributed by atoms with Crippen LogP contribution >= 0.6 is 0 Å². The highest BCUT2D eigenvalue weighted by atomic mass is 16.5. The van der Waals surface area contributed by atoms with Crippen LogP contribution in [0.2, 0.25) is 0 Å². The Labute approximate surface area is 111 Å². The fraction of sp³-hybridized carbons (Fsp3) is 0.533. The quantitative estimate of drug-likeness (QED) is 0.728. The lowest BCUT2D eigenvalue weighted by atomic mass is 10.1. The van der Waals surface area contributed by atoms with Gasteiger partial charge in [0.1, 0.15) is 6.29 Å². The predicted octanol–water partition coefficient (Wildman–Crippen LogP) is 2.93. The molecule has 0 heterocycles. The van der Waals surface area contributed by atoms with Gasteiger partial charge in [0.05, 0.1) is 0 Å². The van der Waals surface area contributed by atoms with Gasteiger partial charge >= 0.3 is 0 Å². The zero-order valence-electron chi connectivity index (χ0n) is 12.0. The number of benzene rings is 1. The van der Waals surface area contributed by atoms with E-state index in [2.05, 4.69) is 35.6 Å². The molecular weight excluding hydrogens is 226 g/mol. The van der Waals surface area contributed by atoms with Crippen LogP contribution in [-0.2, 0) is 16.0 Å². The van der Waals surface area contributed by atoms with E-state index in [1.165, 1.54) is 5.69 Å². The number of anilines is 1. The van der Waals surface area contributed by atoms with Crippen LogP contribution in [0.4, 0.5) is 5.69 Å². The Morgan fingerprint density at radius 2 is 1.61 bits per heavy atom. The molecule has 0 saturated carbocycles. The molecule has 0 saturated heterocycles. The fourth-order valence-corrected chi connectivity index (χ4v) is 1.53. The van der Waals surface area contributed by atoms with Crippen molar-refractivity contribution in [1.82, 2.24) is 0 Å². The molecule has 3 nitrogen and oxygen atoms in total. The fourth-order valence-electron chi connectivity index (χ4n) is 1.53. The number of hydrogen-bond donors (Lipinski definition) is 0. The SMILES string of the molecule is CCN(CC)c1ccc(CC=O)cc1.CCOC. The summed E-state index contributed by atoms with van der Waals surface area (Å²) in [5, 5.41) is 0. The van der Waals surface area contributed by atoms with Crippen molar-refractivity contribution in [3.8, 4) is 0 Å². The molecule has 0 fully saturated rings. The molecule has 0 atom stereocenters. The Balaban J connectivity index is 0.000000631. The van der Waals surface area contributed by atoms with E-state index in [4.69, 9.17) is 0 Å². The summed E-state index contributed by atoms with van der Waals surface area (Å²) in [4.78, 5) is 12.6. The summed E-state index contributed by atoms with van der Waals surface area (Å²) in [5.74, 6) is 0. The predicted molar refractivity (Wildman–Crippen MR) is 77.3 cm³/mol. The summed E-state index contributed by atoms with van der Waals surface area (Å²) in [6.07, 6.45) is 1.45. The molecule has 0 unspecified atom stereocenters. The summed E-state index contributed by atoms with van der Waals surface area (Å²) >= 11 is 0. The molecule has 1 rings (SSSR count). The molecular formula is C15H25NO2. The zero-order chi connectivity index (χ0) is 13.8. The number of aldehydes is 1. The second-order valence-electron chi connectivity index (χ2n) is 3.79. The second-order valence-corrected chi connectivity index (χ2v) is 3.79. The van der Waals surface area contributed by atoms with Crippen molar-refractivity contribution in [3.63, 3.8) is 0 Å². The third-order valence-corrected chi connectivity index (χ3v) is 2.67. The highest BCUT2D eigenvalue weighted by molar-refractivity contribution is 5.56. The van der Waals surface area contributed by atoms with Gasteiger partial charge in [-0.05, 0) is 38.5 Å². The Hall–Kier alpha value is -1.35. The topological polar surface area (TPSA) is 29.5 Å². The highest BCUT2D eigenvalue weighted by Gasteiger charge is 2.00. The average molecular weight is 251 g/mol. The molecule has 0 amide bonds. The number of rotatable bonds is 6. The number of nitrogens with zero attached hydrogens (tertiary/aromatic N) is 1. The van der Waals surface area contributed by atoms with Crippen molar-refractivity contribution in [2.45, 2.75) is 27.2 Å². The molecule has 0 aliphatic heterocycles. The van der Waals surface area contributed by atoms with Gasteiger partial charge in [-0.3, -0.25) is 0 Å². The van der Waals surface area contributed by atoms with Crippen molar-refractivity contribution >= 4 is 12.0 Å². The number of ether oxygens (including phenoxy) is 1. The third kappa shape index (κ3) is 6.40. The van der Waals surface area contributed by atoms with Crippen molar-refractivity contribution in [2.24, 2.45) is 0 Å². The first-order valence-corrected chi connectivity index (χ1v) is 6.49. The van der Waals surface area contributed by atoms with Gasteiger partial charge in [0.2, 0.25) is 0 Å². The lowest BCUT2D eigenvalue weighted by molar-refractivity contribution is -0.107. The van der Waals surface area contributed by atoms with Gasteiger partial charge in [-0.1, -0.05) is 12.1 Å². The number of hydrogen-bond acceptors (Lipinski definition) is 3. The van der Waals surface area contributed by atoms with E-state index in [-0.39, 0.29) is 0 Å². The van der Waals surface area contributed by atoms with Gasteiger partial charge in [-0.25, -0.2) is 0 Å². The van der Waals surface area contributed by atoms with E-state index >= 15 is 0 Å². The summed E-state index contributed by atoms with van der Waals surface area (Å²) in [6.45, 7) is 9.10. The van der Waals surface area contributed by atoms with Crippen LogP contribution in [0.5, 0.6) is 0 Å². The summed E-state index contributed by atoms with van der Waals surface area (Å²) < 4.78 is 4.54. The van der Waals surface area contributed by atoms with E-state index in [9.17, 15) is 4.79 Å². The second kappa shape index (κ2) is 10.8. The van der Waals surface area contributed by atoms with E-state index in [0.29, 0.717) is 6.42 Å². The van der Waals surface area contributed by atoms with Crippen molar-refractivity contribution in [1.29, 1.82) is 0 Å². The summed E-state index contributed by atoms with van der Waals surface area (Å²) in [7, 11) is 1.68. The van der Waals surface area contributed by atoms with Gasteiger partial charge in [-0.15, -0.1) is 0 Å².